The summed E-state index contributed by atoms with van der Waals surface area (Å²) in [5.74, 6) is -0.318. The molecule has 0 saturated carbocycles. The number of anilines is 1. The number of amides is 1. The summed E-state index contributed by atoms with van der Waals surface area (Å²) in [6.45, 7) is 3.69. The lowest BCUT2D eigenvalue weighted by Crippen LogP contribution is -2.13. The van der Waals surface area contributed by atoms with Crippen LogP contribution in [0.4, 0.5) is 11.4 Å². The fourth-order valence-electron chi connectivity index (χ4n) is 2.42. The average molecular weight is 321 g/mol. The highest BCUT2D eigenvalue weighted by Gasteiger charge is 2.13. The molecule has 1 N–H and O–H groups in total. The van der Waals surface area contributed by atoms with Crippen LogP contribution in [0.1, 0.15) is 21.6 Å². The Hall–Kier alpha value is -3.28. The molecule has 1 aromatic heterocycles. The van der Waals surface area contributed by atoms with Gasteiger partial charge in [0.05, 0.1) is 16.1 Å². The SMILES string of the molecule is Cc1ccc2cc(C(=O)Nc3cc([N+](=O)[O-])ccc3C)ccc2n1. The zero-order valence-electron chi connectivity index (χ0n) is 13.2. The van der Waals surface area contributed by atoms with Crippen LogP contribution in [0.2, 0.25) is 0 Å². The van der Waals surface area contributed by atoms with E-state index in [9.17, 15) is 14.9 Å². The highest BCUT2D eigenvalue weighted by molar-refractivity contribution is 6.06. The lowest BCUT2D eigenvalue weighted by molar-refractivity contribution is -0.384. The van der Waals surface area contributed by atoms with Crippen molar-refractivity contribution in [3.8, 4) is 0 Å². The number of nitrogens with zero attached hydrogens (tertiary/aromatic N) is 2. The van der Waals surface area contributed by atoms with Gasteiger partial charge in [-0.15, -0.1) is 0 Å². The molecular weight excluding hydrogens is 306 g/mol. The molecule has 2 aromatic carbocycles. The first kappa shape index (κ1) is 15.6. The van der Waals surface area contributed by atoms with Gasteiger partial charge in [-0.3, -0.25) is 19.9 Å². The molecule has 0 aliphatic carbocycles. The van der Waals surface area contributed by atoms with Crippen molar-refractivity contribution < 1.29 is 9.72 Å². The fraction of sp³-hybridized carbons (Fsp3) is 0.111. The summed E-state index contributed by atoms with van der Waals surface area (Å²) in [6, 6.07) is 13.4. The second-order valence-electron chi connectivity index (χ2n) is 5.57. The topological polar surface area (TPSA) is 85.1 Å². The molecule has 3 rings (SSSR count). The monoisotopic (exact) mass is 321 g/mol. The number of nitro benzene ring substituents is 1. The third kappa shape index (κ3) is 3.08. The van der Waals surface area contributed by atoms with Crippen LogP contribution in [0.15, 0.2) is 48.5 Å². The van der Waals surface area contributed by atoms with Crippen molar-refractivity contribution in [3.05, 3.63) is 75.5 Å². The van der Waals surface area contributed by atoms with Crippen LogP contribution in [-0.4, -0.2) is 15.8 Å². The molecule has 120 valence electrons. The molecule has 0 bridgehead atoms. The van der Waals surface area contributed by atoms with Crippen molar-refractivity contribution in [3.63, 3.8) is 0 Å². The van der Waals surface area contributed by atoms with E-state index in [4.69, 9.17) is 0 Å². The summed E-state index contributed by atoms with van der Waals surface area (Å²) in [7, 11) is 0. The van der Waals surface area contributed by atoms with E-state index in [0.29, 0.717) is 11.3 Å². The molecule has 0 aliphatic heterocycles. The van der Waals surface area contributed by atoms with E-state index < -0.39 is 4.92 Å². The predicted octanol–water partition coefficient (Wildman–Crippen LogP) is 4.01. The molecule has 1 amide bonds. The van der Waals surface area contributed by atoms with Gasteiger partial charge in [0.25, 0.3) is 11.6 Å². The summed E-state index contributed by atoms with van der Waals surface area (Å²) in [5.41, 5.74) is 3.32. The summed E-state index contributed by atoms with van der Waals surface area (Å²) in [5, 5.41) is 14.5. The summed E-state index contributed by atoms with van der Waals surface area (Å²) >= 11 is 0. The molecule has 6 nitrogen and oxygen atoms in total. The number of benzene rings is 2. The average Bonchev–Trinajstić information content (AvgIpc) is 2.56. The van der Waals surface area contributed by atoms with E-state index in [1.165, 1.54) is 12.1 Å². The number of nitro groups is 1. The van der Waals surface area contributed by atoms with Gasteiger partial charge in [0.1, 0.15) is 0 Å². The zero-order valence-corrected chi connectivity index (χ0v) is 13.2. The maximum atomic E-state index is 12.5. The standard InChI is InChI=1S/C18H15N3O3/c1-11-3-7-15(21(23)24)10-17(11)20-18(22)14-6-8-16-13(9-14)5-4-12(2)19-16/h3-10H,1-2H3,(H,20,22). The molecule has 0 unspecified atom stereocenters. The van der Waals surface area contributed by atoms with Crippen molar-refractivity contribution in [1.29, 1.82) is 0 Å². The van der Waals surface area contributed by atoms with Crippen LogP contribution < -0.4 is 5.32 Å². The van der Waals surface area contributed by atoms with Gasteiger partial charge in [0.15, 0.2) is 0 Å². The van der Waals surface area contributed by atoms with Gasteiger partial charge in [0.2, 0.25) is 0 Å². The van der Waals surface area contributed by atoms with Crippen molar-refractivity contribution in [2.45, 2.75) is 13.8 Å². The molecule has 24 heavy (non-hydrogen) atoms. The highest BCUT2D eigenvalue weighted by atomic mass is 16.6. The van der Waals surface area contributed by atoms with Crippen molar-refractivity contribution >= 4 is 28.2 Å². The van der Waals surface area contributed by atoms with Crippen LogP contribution in [0.25, 0.3) is 10.9 Å². The number of non-ortho nitro benzene ring substituents is 1. The Morgan fingerprint density at radius 1 is 1.08 bits per heavy atom. The first-order valence-corrected chi connectivity index (χ1v) is 7.38. The maximum absolute atomic E-state index is 12.5. The Kier molecular flexibility index (Phi) is 3.95. The van der Waals surface area contributed by atoms with Crippen molar-refractivity contribution in [2.75, 3.05) is 5.32 Å². The predicted molar refractivity (Wildman–Crippen MR) is 92.3 cm³/mol. The number of fused-ring (bicyclic) bond motifs is 1. The Morgan fingerprint density at radius 2 is 1.88 bits per heavy atom. The first-order chi connectivity index (χ1) is 11.4. The Labute approximate surface area is 138 Å². The number of carbonyl (C=O) groups excluding carboxylic acids is 1. The lowest BCUT2D eigenvalue weighted by atomic mass is 10.1. The van der Waals surface area contributed by atoms with Crippen molar-refractivity contribution in [2.24, 2.45) is 0 Å². The van der Waals surface area contributed by atoms with E-state index in [2.05, 4.69) is 10.3 Å². The van der Waals surface area contributed by atoms with Gasteiger partial charge in [-0.05, 0) is 43.7 Å². The molecule has 1 heterocycles. The van der Waals surface area contributed by atoms with Gasteiger partial charge >= 0.3 is 0 Å². The largest absolute Gasteiger partial charge is 0.321 e. The van der Waals surface area contributed by atoms with Gasteiger partial charge in [-0.25, -0.2) is 0 Å². The zero-order chi connectivity index (χ0) is 17.3. The molecule has 0 fully saturated rings. The van der Waals surface area contributed by atoms with E-state index in [1.54, 1.807) is 31.2 Å². The third-order valence-corrected chi connectivity index (χ3v) is 3.77. The summed E-state index contributed by atoms with van der Waals surface area (Å²) in [4.78, 5) is 27.2. The normalized spacial score (nSPS) is 10.6. The second-order valence-corrected chi connectivity index (χ2v) is 5.57. The minimum atomic E-state index is -0.487. The molecule has 0 atom stereocenters. The number of nitrogens with one attached hydrogen (secondary N) is 1. The summed E-state index contributed by atoms with van der Waals surface area (Å²) in [6.07, 6.45) is 0. The highest BCUT2D eigenvalue weighted by Crippen LogP contribution is 2.23. The molecule has 0 saturated heterocycles. The molecule has 0 radical (unpaired) electrons. The van der Waals surface area contributed by atoms with Gasteiger partial charge in [-0.2, -0.15) is 0 Å². The van der Waals surface area contributed by atoms with Gasteiger partial charge in [0, 0.05) is 28.8 Å². The number of hydrogen-bond acceptors (Lipinski definition) is 4. The molecule has 0 spiro atoms. The van der Waals surface area contributed by atoms with Gasteiger partial charge < -0.3 is 5.32 Å². The molecule has 0 aliphatic rings. The lowest BCUT2D eigenvalue weighted by Gasteiger charge is -2.09. The number of aryl methyl sites for hydroxylation is 2. The Balaban J connectivity index is 1.91. The maximum Gasteiger partial charge on any atom is 0.271 e. The second kappa shape index (κ2) is 6.08. The molecular formula is C18H15N3O3. The number of carbonyl (C=O) groups is 1. The Morgan fingerprint density at radius 3 is 2.62 bits per heavy atom. The molecule has 6 heteroatoms. The number of hydrogen-bond donors (Lipinski definition) is 1. The minimum absolute atomic E-state index is 0.0610. The van der Waals surface area contributed by atoms with Crippen LogP contribution in [0.3, 0.4) is 0 Å². The van der Waals surface area contributed by atoms with Crippen molar-refractivity contribution in [1.82, 2.24) is 4.98 Å². The quantitative estimate of drug-likeness (QED) is 0.583. The Bertz CT molecular complexity index is 967. The van der Waals surface area contributed by atoms with E-state index in [-0.39, 0.29) is 11.6 Å². The molecule has 3 aromatic rings. The first-order valence-electron chi connectivity index (χ1n) is 7.38. The minimum Gasteiger partial charge on any atom is -0.321 e. The van der Waals surface area contributed by atoms with Crippen LogP contribution in [-0.2, 0) is 0 Å². The number of pyridine rings is 1. The van der Waals surface area contributed by atoms with Crippen LogP contribution in [0, 0.1) is 24.0 Å². The summed E-state index contributed by atoms with van der Waals surface area (Å²) < 4.78 is 0. The smallest absolute Gasteiger partial charge is 0.271 e. The third-order valence-electron chi connectivity index (χ3n) is 3.77. The van der Waals surface area contributed by atoms with E-state index in [1.807, 2.05) is 19.1 Å². The van der Waals surface area contributed by atoms with E-state index in [0.717, 1.165) is 22.2 Å². The fourth-order valence-corrected chi connectivity index (χ4v) is 2.42. The van der Waals surface area contributed by atoms with Crippen LogP contribution in [0.5, 0.6) is 0 Å². The van der Waals surface area contributed by atoms with E-state index >= 15 is 0 Å². The van der Waals surface area contributed by atoms with Gasteiger partial charge in [-0.1, -0.05) is 12.1 Å². The van der Waals surface area contributed by atoms with Crippen LogP contribution >= 0.6 is 0 Å². The number of rotatable bonds is 3. The number of aromatic nitrogens is 1.